The van der Waals surface area contributed by atoms with Crippen molar-refractivity contribution in [1.82, 2.24) is 9.78 Å². The number of aromatic nitrogens is 2. The van der Waals surface area contributed by atoms with Gasteiger partial charge in [0.05, 0.1) is 19.0 Å². The molecule has 0 fully saturated rings. The zero-order valence-corrected chi connectivity index (χ0v) is 11.6. The van der Waals surface area contributed by atoms with Crippen LogP contribution in [0.15, 0.2) is 11.0 Å². The minimum atomic E-state index is -0.570. The molecule has 0 radical (unpaired) electrons. The van der Waals surface area contributed by atoms with E-state index in [0.29, 0.717) is 12.2 Å². The van der Waals surface area contributed by atoms with Gasteiger partial charge in [-0.2, -0.15) is 5.10 Å². The van der Waals surface area contributed by atoms with Gasteiger partial charge in [-0.1, -0.05) is 18.5 Å². The number of esters is 1. The van der Waals surface area contributed by atoms with E-state index >= 15 is 0 Å². The number of carbonyl (C=O) groups excluding carboxylic acids is 1. The lowest BCUT2D eigenvalue weighted by Gasteiger charge is -2.16. The number of ether oxygens (including phenoxy) is 1. The van der Waals surface area contributed by atoms with Crippen LogP contribution >= 0.6 is 11.6 Å². The minimum absolute atomic E-state index is 0.00940. The molecule has 1 rings (SSSR count). The first kappa shape index (κ1) is 15.5. The number of anilines is 1. The predicted molar refractivity (Wildman–Crippen MR) is 72.3 cm³/mol. The van der Waals surface area contributed by atoms with Crippen molar-refractivity contribution >= 4 is 23.3 Å². The van der Waals surface area contributed by atoms with Gasteiger partial charge >= 0.3 is 5.97 Å². The molecule has 0 aliphatic heterocycles. The molecule has 0 aliphatic carbocycles. The van der Waals surface area contributed by atoms with E-state index in [4.69, 9.17) is 17.3 Å². The fraction of sp³-hybridized carbons (Fsp3) is 0.545. The van der Waals surface area contributed by atoms with Crippen LogP contribution < -0.4 is 16.6 Å². The lowest BCUT2D eigenvalue weighted by molar-refractivity contribution is -0.141. The average Bonchev–Trinajstić information content (AvgIpc) is 2.43. The van der Waals surface area contributed by atoms with Gasteiger partial charge in [-0.3, -0.25) is 9.59 Å². The average molecular weight is 289 g/mol. The van der Waals surface area contributed by atoms with Gasteiger partial charge in [0.15, 0.2) is 0 Å². The van der Waals surface area contributed by atoms with Gasteiger partial charge in [0.2, 0.25) is 0 Å². The van der Waals surface area contributed by atoms with Crippen molar-refractivity contribution in [2.45, 2.75) is 25.9 Å². The molecular weight excluding hydrogens is 272 g/mol. The third kappa shape index (κ3) is 3.93. The smallest absolute Gasteiger partial charge is 0.327 e. The van der Waals surface area contributed by atoms with Crippen LogP contribution in [0, 0.1) is 0 Å². The van der Waals surface area contributed by atoms with Crippen LogP contribution in [0.1, 0.15) is 13.3 Å². The molecule has 1 aromatic rings. The predicted octanol–water partition coefficient (Wildman–Crippen LogP) is 0.219. The number of nitrogens with two attached hydrogens (primary N) is 1. The number of carbonyl (C=O) groups is 1. The SMILES string of the molecule is CCC(CN)Nc1cnn(CC(=O)OC)c(=O)c1Cl. The molecule has 1 unspecified atom stereocenters. The van der Waals surface area contributed by atoms with E-state index in [1.807, 2.05) is 6.92 Å². The number of halogens is 1. The third-order valence-electron chi connectivity index (χ3n) is 2.63. The summed E-state index contributed by atoms with van der Waals surface area (Å²) < 4.78 is 5.41. The van der Waals surface area contributed by atoms with E-state index in [9.17, 15) is 9.59 Å². The first-order valence-corrected chi connectivity index (χ1v) is 6.20. The van der Waals surface area contributed by atoms with Gasteiger partial charge in [0.25, 0.3) is 5.56 Å². The topological polar surface area (TPSA) is 99.2 Å². The van der Waals surface area contributed by atoms with Crippen molar-refractivity contribution in [1.29, 1.82) is 0 Å². The second kappa shape index (κ2) is 7.10. The lowest BCUT2D eigenvalue weighted by atomic mass is 10.2. The highest BCUT2D eigenvalue weighted by atomic mass is 35.5. The summed E-state index contributed by atoms with van der Waals surface area (Å²) in [4.78, 5) is 23.0. The largest absolute Gasteiger partial charge is 0.468 e. The summed E-state index contributed by atoms with van der Waals surface area (Å²) in [6.07, 6.45) is 2.18. The van der Waals surface area contributed by atoms with E-state index in [0.717, 1.165) is 11.1 Å². The van der Waals surface area contributed by atoms with E-state index in [1.54, 1.807) is 0 Å². The third-order valence-corrected chi connectivity index (χ3v) is 2.99. The normalized spacial score (nSPS) is 12.0. The maximum Gasteiger partial charge on any atom is 0.327 e. The van der Waals surface area contributed by atoms with E-state index in [1.165, 1.54) is 13.3 Å². The summed E-state index contributed by atoms with van der Waals surface area (Å²) in [5.41, 5.74) is 5.42. The standard InChI is InChI=1S/C11H17ClN4O3/c1-3-7(4-13)15-8-5-14-16(6-9(17)19-2)11(18)10(8)12/h5,7,15H,3-4,6,13H2,1-2H3. The Labute approximate surface area is 115 Å². The van der Waals surface area contributed by atoms with Crippen LogP contribution in [0.5, 0.6) is 0 Å². The van der Waals surface area contributed by atoms with Crippen molar-refractivity contribution in [3.05, 3.63) is 21.6 Å². The summed E-state index contributed by atoms with van der Waals surface area (Å²) in [7, 11) is 1.23. The lowest BCUT2D eigenvalue weighted by Crippen LogP contribution is -2.31. The van der Waals surface area contributed by atoms with Crippen LogP contribution in [0.25, 0.3) is 0 Å². The van der Waals surface area contributed by atoms with Crippen molar-refractivity contribution in [2.75, 3.05) is 19.0 Å². The first-order valence-electron chi connectivity index (χ1n) is 5.82. The summed E-state index contributed by atoms with van der Waals surface area (Å²) in [5, 5.41) is 6.87. The number of nitrogens with zero attached hydrogens (tertiary/aromatic N) is 2. The zero-order valence-electron chi connectivity index (χ0n) is 10.9. The van der Waals surface area contributed by atoms with Crippen molar-refractivity contribution in [3.63, 3.8) is 0 Å². The van der Waals surface area contributed by atoms with Crippen LogP contribution in [0.3, 0.4) is 0 Å². The van der Waals surface area contributed by atoms with Gasteiger partial charge in [-0.25, -0.2) is 4.68 Å². The Morgan fingerprint density at radius 1 is 1.68 bits per heavy atom. The molecule has 19 heavy (non-hydrogen) atoms. The van der Waals surface area contributed by atoms with Crippen LogP contribution in [0.2, 0.25) is 5.02 Å². The molecule has 7 nitrogen and oxygen atoms in total. The molecule has 0 saturated heterocycles. The van der Waals surface area contributed by atoms with Gasteiger partial charge < -0.3 is 15.8 Å². The Bertz CT molecular complexity index is 499. The molecule has 0 bridgehead atoms. The molecule has 1 atom stereocenters. The quantitative estimate of drug-likeness (QED) is 0.727. The van der Waals surface area contributed by atoms with Crippen LogP contribution in [0.4, 0.5) is 5.69 Å². The Hall–Kier alpha value is -1.60. The van der Waals surface area contributed by atoms with Crippen LogP contribution in [-0.4, -0.2) is 35.4 Å². The summed E-state index contributed by atoms with van der Waals surface area (Å²) in [6.45, 7) is 2.10. The Morgan fingerprint density at radius 2 is 2.37 bits per heavy atom. The molecule has 8 heteroatoms. The molecule has 0 aliphatic rings. The van der Waals surface area contributed by atoms with Crippen molar-refractivity contribution < 1.29 is 9.53 Å². The van der Waals surface area contributed by atoms with E-state index < -0.39 is 11.5 Å². The van der Waals surface area contributed by atoms with Gasteiger partial charge in [-0.15, -0.1) is 0 Å². The van der Waals surface area contributed by atoms with Gasteiger partial charge in [0.1, 0.15) is 11.6 Å². The monoisotopic (exact) mass is 288 g/mol. The maximum atomic E-state index is 11.9. The summed E-state index contributed by atoms with van der Waals surface area (Å²) >= 11 is 5.95. The second-order valence-electron chi connectivity index (χ2n) is 3.90. The first-order chi connectivity index (χ1) is 9.03. The highest BCUT2D eigenvalue weighted by Crippen LogP contribution is 2.16. The Morgan fingerprint density at radius 3 is 2.89 bits per heavy atom. The van der Waals surface area contributed by atoms with Crippen molar-refractivity contribution in [3.8, 4) is 0 Å². The van der Waals surface area contributed by atoms with Gasteiger partial charge in [0, 0.05) is 12.6 Å². The fourth-order valence-electron chi connectivity index (χ4n) is 1.41. The Kier molecular flexibility index (Phi) is 5.78. The highest BCUT2D eigenvalue weighted by Gasteiger charge is 2.14. The number of rotatable bonds is 6. The number of hydrogen-bond acceptors (Lipinski definition) is 6. The molecule has 1 aromatic heterocycles. The summed E-state index contributed by atoms with van der Waals surface area (Å²) in [6, 6.07) is 0.00940. The molecule has 106 valence electrons. The summed E-state index contributed by atoms with van der Waals surface area (Å²) in [5.74, 6) is -0.570. The molecule has 3 N–H and O–H groups in total. The Balaban J connectivity index is 2.97. The van der Waals surface area contributed by atoms with Gasteiger partial charge in [-0.05, 0) is 6.42 Å². The van der Waals surface area contributed by atoms with Crippen molar-refractivity contribution in [2.24, 2.45) is 5.73 Å². The second-order valence-corrected chi connectivity index (χ2v) is 4.27. The van der Waals surface area contributed by atoms with E-state index in [2.05, 4.69) is 15.2 Å². The zero-order chi connectivity index (χ0) is 14.4. The molecule has 0 spiro atoms. The number of hydrogen-bond donors (Lipinski definition) is 2. The fourth-order valence-corrected chi connectivity index (χ4v) is 1.61. The molecule has 0 amide bonds. The maximum absolute atomic E-state index is 11.9. The molecule has 0 aromatic carbocycles. The minimum Gasteiger partial charge on any atom is -0.468 e. The highest BCUT2D eigenvalue weighted by molar-refractivity contribution is 6.32. The molecular formula is C11H17ClN4O3. The molecule has 1 heterocycles. The molecule has 0 saturated carbocycles. The number of nitrogens with one attached hydrogen (secondary N) is 1. The van der Waals surface area contributed by atoms with Crippen LogP contribution in [-0.2, 0) is 16.1 Å². The number of methoxy groups -OCH3 is 1. The van der Waals surface area contributed by atoms with E-state index in [-0.39, 0.29) is 17.6 Å².